The van der Waals surface area contributed by atoms with Crippen molar-refractivity contribution in [3.8, 4) is 0 Å². The summed E-state index contributed by atoms with van der Waals surface area (Å²) < 4.78 is 1.64. The first-order valence-corrected chi connectivity index (χ1v) is 7.90. The fourth-order valence-corrected chi connectivity index (χ4v) is 2.85. The van der Waals surface area contributed by atoms with E-state index in [4.69, 9.17) is 0 Å². The summed E-state index contributed by atoms with van der Waals surface area (Å²) in [5, 5.41) is 6.87. The third-order valence-electron chi connectivity index (χ3n) is 4.02. The van der Waals surface area contributed by atoms with Crippen molar-refractivity contribution in [1.29, 1.82) is 0 Å². The molecule has 3 rings (SSSR count). The number of amides is 2. The molecule has 2 aromatic rings. The normalized spacial score (nSPS) is 13.3. The summed E-state index contributed by atoms with van der Waals surface area (Å²) >= 11 is 0. The fourth-order valence-electron chi connectivity index (χ4n) is 2.85. The van der Waals surface area contributed by atoms with E-state index in [1.807, 2.05) is 13.0 Å². The average molecular weight is 325 g/mol. The molecule has 0 fully saturated rings. The van der Waals surface area contributed by atoms with Gasteiger partial charge >= 0.3 is 0 Å². The van der Waals surface area contributed by atoms with Gasteiger partial charge in [0.1, 0.15) is 6.33 Å². The van der Waals surface area contributed by atoms with Crippen LogP contribution in [-0.4, -0.2) is 33.1 Å². The van der Waals surface area contributed by atoms with Gasteiger partial charge in [0.15, 0.2) is 0 Å². The molecule has 0 radical (unpaired) electrons. The van der Waals surface area contributed by atoms with Gasteiger partial charge in [-0.25, -0.2) is 4.98 Å². The number of carbonyl (C=O) groups is 2. The predicted octanol–water partition coefficient (Wildman–Crippen LogP) is 2.02. The molecule has 0 saturated carbocycles. The highest BCUT2D eigenvalue weighted by atomic mass is 16.2. The monoisotopic (exact) mass is 325 g/mol. The molecule has 1 aliphatic rings. The van der Waals surface area contributed by atoms with Gasteiger partial charge in [-0.1, -0.05) is 12.6 Å². The topological polar surface area (TPSA) is 80.1 Å². The van der Waals surface area contributed by atoms with Crippen LogP contribution in [0.5, 0.6) is 0 Å². The highest BCUT2D eigenvalue weighted by Crippen LogP contribution is 2.30. The third kappa shape index (κ3) is 2.92. The molecule has 0 bridgehead atoms. The molecule has 7 heteroatoms. The van der Waals surface area contributed by atoms with Crippen molar-refractivity contribution in [2.24, 2.45) is 0 Å². The van der Waals surface area contributed by atoms with E-state index in [1.54, 1.807) is 28.0 Å². The smallest absolute Gasteiger partial charge is 0.258 e. The Hall–Kier alpha value is -2.96. The highest BCUT2D eigenvalue weighted by Gasteiger charge is 2.25. The summed E-state index contributed by atoms with van der Waals surface area (Å²) in [6.07, 6.45) is 4.42. The van der Waals surface area contributed by atoms with Gasteiger partial charge < -0.3 is 4.90 Å². The van der Waals surface area contributed by atoms with Crippen LogP contribution in [0, 0.1) is 0 Å². The van der Waals surface area contributed by atoms with Crippen LogP contribution in [0.4, 0.5) is 11.6 Å². The summed E-state index contributed by atoms with van der Waals surface area (Å²) in [6.45, 7) is 6.80. The molecule has 7 nitrogen and oxygen atoms in total. The largest absolute Gasteiger partial charge is 0.309 e. The maximum absolute atomic E-state index is 12.6. The summed E-state index contributed by atoms with van der Waals surface area (Å²) in [4.78, 5) is 30.4. The number of nitrogens with one attached hydrogen (secondary N) is 1. The van der Waals surface area contributed by atoms with Crippen molar-refractivity contribution in [1.82, 2.24) is 14.8 Å². The number of rotatable bonds is 4. The number of benzene rings is 1. The summed E-state index contributed by atoms with van der Waals surface area (Å²) in [5.74, 6) is -0.153. The molecule has 2 heterocycles. The molecule has 0 saturated heterocycles. The third-order valence-corrected chi connectivity index (χ3v) is 4.02. The standard InChI is InChI=1S/C17H19N5O2/c1-3-15(23)22-10-6-8-12-13(7-5-9-14(12)22)16(24)19-17-18-11-21(4-2)20-17/h3,5,7,9,11H,1,4,6,8,10H2,2H3,(H,19,20,24). The van der Waals surface area contributed by atoms with Crippen LogP contribution in [0.2, 0.25) is 0 Å². The fraction of sp³-hybridized carbons (Fsp3) is 0.294. The number of aryl methyl sites for hydroxylation is 1. The Morgan fingerprint density at radius 2 is 2.25 bits per heavy atom. The Morgan fingerprint density at radius 3 is 2.96 bits per heavy atom. The zero-order valence-electron chi connectivity index (χ0n) is 13.5. The van der Waals surface area contributed by atoms with Crippen molar-refractivity contribution in [2.45, 2.75) is 26.3 Å². The second kappa shape index (κ2) is 6.66. The van der Waals surface area contributed by atoms with Gasteiger partial charge in [-0.2, -0.15) is 0 Å². The molecule has 0 atom stereocenters. The molecular weight excluding hydrogens is 306 g/mol. The maximum atomic E-state index is 12.6. The van der Waals surface area contributed by atoms with Crippen LogP contribution in [0.1, 0.15) is 29.3 Å². The lowest BCUT2D eigenvalue weighted by molar-refractivity contribution is -0.114. The highest BCUT2D eigenvalue weighted by molar-refractivity contribution is 6.07. The first-order valence-electron chi connectivity index (χ1n) is 7.90. The van der Waals surface area contributed by atoms with Crippen LogP contribution in [0.3, 0.4) is 0 Å². The van der Waals surface area contributed by atoms with E-state index in [9.17, 15) is 9.59 Å². The zero-order chi connectivity index (χ0) is 17.1. The summed E-state index contributed by atoms with van der Waals surface area (Å²) in [5.41, 5.74) is 2.18. The Kier molecular flexibility index (Phi) is 4.41. The molecule has 124 valence electrons. The van der Waals surface area contributed by atoms with E-state index in [1.165, 1.54) is 6.08 Å². The Bertz CT molecular complexity index is 796. The van der Waals surface area contributed by atoms with E-state index < -0.39 is 0 Å². The predicted molar refractivity (Wildman–Crippen MR) is 91.0 cm³/mol. The Labute approximate surface area is 140 Å². The van der Waals surface area contributed by atoms with Crippen LogP contribution >= 0.6 is 0 Å². The van der Waals surface area contributed by atoms with Crippen molar-refractivity contribution in [2.75, 3.05) is 16.8 Å². The first kappa shape index (κ1) is 15.9. The number of hydrogen-bond donors (Lipinski definition) is 1. The number of carbonyl (C=O) groups excluding carboxylic acids is 2. The van der Waals surface area contributed by atoms with E-state index >= 15 is 0 Å². The first-order chi connectivity index (χ1) is 11.6. The van der Waals surface area contributed by atoms with E-state index in [0.717, 1.165) is 24.1 Å². The lowest BCUT2D eigenvalue weighted by Gasteiger charge is -2.29. The van der Waals surface area contributed by atoms with Gasteiger partial charge in [-0.15, -0.1) is 5.10 Å². The Balaban J connectivity index is 1.90. The molecule has 0 aliphatic carbocycles. The van der Waals surface area contributed by atoms with Crippen LogP contribution in [-0.2, 0) is 17.8 Å². The van der Waals surface area contributed by atoms with Crippen LogP contribution in [0.25, 0.3) is 0 Å². The van der Waals surface area contributed by atoms with Gasteiger partial charge in [-0.3, -0.25) is 19.6 Å². The molecule has 24 heavy (non-hydrogen) atoms. The number of nitrogens with zero attached hydrogens (tertiary/aromatic N) is 4. The quantitative estimate of drug-likeness (QED) is 0.872. The lowest BCUT2D eigenvalue weighted by Crippen LogP contribution is -2.35. The van der Waals surface area contributed by atoms with Crippen molar-refractivity contribution < 1.29 is 9.59 Å². The zero-order valence-corrected chi connectivity index (χ0v) is 13.5. The second-order valence-electron chi connectivity index (χ2n) is 5.48. The molecule has 0 spiro atoms. The molecule has 2 amide bonds. The molecular formula is C17H19N5O2. The molecule has 0 unspecified atom stereocenters. The maximum Gasteiger partial charge on any atom is 0.258 e. The van der Waals surface area contributed by atoms with Crippen LogP contribution in [0.15, 0.2) is 37.2 Å². The van der Waals surface area contributed by atoms with Gasteiger partial charge in [0.2, 0.25) is 11.9 Å². The minimum atomic E-state index is -0.270. The van der Waals surface area contributed by atoms with Crippen molar-refractivity contribution in [3.63, 3.8) is 0 Å². The number of hydrogen-bond acceptors (Lipinski definition) is 4. The molecule has 1 aliphatic heterocycles. The van der Waals surface area contributed by atoms with Gasteiger partial charge in [0.05, 0.1) is 0 Å². The van der Waals surface area contributed by atoms with E-state index in [0.29, 0.717) is 18.7 Å². The van der Waals surface area contributed by atoms with Gasteiger partial charge in [0, 0.05) is 24.3 Å². The molecule has 1 aromatic carbocycles. The number of fused-ring (bicyclic) bond motifs is 1. The Morgan fingerprint density at radius 1 is 1.42 bits per heavy atom. The van der Waals surface area contributed by atoms with Crippen molar-refractivity contribution >= 4 is 23.5 Å². The second-order valence-corrected chi connectivity index (χ2v) is 5.48. The van der Waals surface area contributed by atoms with Crippen molar-refractivity contribution in [3.05, 3.63) is 48.3 Å². The minimum Gasteiger partial charge on any atom is -0.309 e. The molecule has 1 N–H and O–H groups in total. The number of anilines is 2. The number of aromatic nitrogens is 3. The van der Waals surface area contributed by atoms with Crippen LogP contribution < -0.4 is 10.2 Å². The average Bonchev–Trinajstić information content (AvgIpc) is 3.07. The van der Waals surface area contributed by atoms with Gasteiger partial charge in [0.25, 0.3) is 5.91 Å². The van der Waals surface area contributed by atoms with E-state index in [-0.39, 0.29) is 17.8 Å². The van der Waals surface area contributed by atoms with Gasteiger partial charge in [-0.05, 0) is 43.5 Å². The summed E-state index contributed by atoms with van der Waals surface area (Å²) in [6, 6.07) is 5.39. The summed E-state index contributed by atoms with van der Waals surface area (Å²) in [7, 11) is 0. The molecule has 1 aromatic heterocycles. The SMILES string of the molecule is C=CC(=O)N1CCCc2c(C(=O)Nc3ncn(CC)n3)cccc21. The minimum absolute atomic E-state index is 0.156. The van der Waals surface area contributed by atoms with E-state index in [2.05, 4.69) is 22.0 Å². The lowest BCUT2D eigenvalue weighted by atomic mass is 9.95.